The minimum atomic E-state index is -0.208. The second-order valence-corrected chi connectivity index (χ2v) is 5.74. The van der Waals surface area contributed by atoms with Crippen LogP contribution in [-0.2, 0) is 0 Å². The van der Waals surface area contributed by atoms with Crippen molar-refractivity contribution < 1.29 is 4.70 Å². The van der Waals surface area contributed by atoms with Crippen LogP contribution in [0.25, 0.3) is 5.03 Å². The lowest BCUT2D eigenvalue weighted by atomic mass is 10.2. The first-order chi connectivity index (χ1) is 7.29. The molecule has 0 N–H and O–H groups in total. The van der Waals surface area contributed by atoms with Crippen LogP contribution in [0.2, 0.25) is 25.1 Å². The first-order valence-corrected chi connectivity index (χ1v) is 6.54. The summed E-state index contributed by atoms with van der Waals surface area (Å²) in [7, 11) is 0. The van der Waals surface area contributed by atoms with Crippen LogP contribution in [0.3, 0.4) is 0 Å². The van der Waals surface area contributed by atoms with Crippen LogP contribution in [0.4, 0.5) is 4.70 Å². The molecule has 0 amide bonds. The molecule has 0 aliphatic rings. The van der Waals surface area contributed by atoms with Crippen LogP contribution >= 0.6 is 92.8 Å². The highest BCUT2D eigenvalue weighted by atomic mass is 35.5. The summed E-state index contributed by atoms with van der Waals surface area (Å²) in [4.78, 5) is 0. The zero-order chi connectivity index (χ0) is 12.6. The molecule has 9 heteroatoms. The summed E-state index contributed by atoms with van der Waals surface area (Å²) in [5, 5.41) is 0.103. The molecule has 0 aliphatic carbocycles. The Bertz CT molecular complexity index is 448. The van der Waals surface area contributed by atoms with E-state index in [1.54, 1.807) is 0 Å². The van der Waals surface area contributed by atoms with E-state index in [4.69, 9.17) is 92.8 Å². The molecular weight excluding hydrogens is 399 g/mol. The lowest BCUT2D eigenvalue weighted by molar-refractivity contribution is 1.11. The van der Waals surface area contributed by atoms with E-state index in [2.05, 4.69) is 0 Å². The molecule has 1 aromatic carbocycles. The molecule has 0 unspecified atom stereocenters. The van der Waals surface area contributed by atoms with Crippen molar-refractivity contribution in [3.63, 3.8) is 0 Å². The Morgan fingerprint density at radius 3 is 1.18 bits per heavy atom. The van der Waals surface area contributed by atoms with Gasteiger partial charge in [0.1, 0.15) is 4.49 Å². The SMILES string of the molecule is ClC(Cl)=C(Cl)c1c(Cl)c(Cl)c(Cl)c(Cl)c1Cl.F. The first kappa shape index (κ1) is 18.2. The summed E-state index contributed by atoms with van der Waals surface area (Å²) >= 11 is 46.2. The van der Waals surface area contributed by atoms with E-state index < -0.39 is 0 Å². The molecule has 0 fully saturated rings. The van der Waals surface area contributed by atoms with Gasteiger partial charge in [-0.1, -0.05) is 92.8 Å². The molecule has 0 aliphatic heterocycles. The second kappa shape index (κ2) is 7.12. The highest BCUT2D eigenvalue weighted by Crippen LogP contribution is 2.48. The van der Waals surface area contributed by atoms with Gasteiger partial charge in [0.2, 0.25) is 0 Å². The van der Waals surface area contributed by atoms with Crippen molar-refractivity contribution in [2.24, 2.45) is 0 Å². The van der Waals surface area contributed by atoms with Gasteiger partial charge >= 0.3 is 0 Å². The van der Waals surface area contributed by atoms with Gasteiger partial charge in [-0.25, -0.2) is 0 Å². The smallest absolute Gasteiger partial charge is 0.126 e. The van der Waals surface area contributed by atoms with E-state index in [0.29, 0.717) is 0 Å². The molecule has 17 heavy (non-hydrogen) atoms. The maximum absolute atomic E-state index is 5.92. The number of halogens is 9. The Labute approximate surface area is 137 Å². The van der Waals surface area contributed by atoms with Gasteiger partial charge in [-0.3, -0.25) is 4.70 Å². The first-order valence-electron chi connectivity index (χ1n) is 3.51. The molecule has 0 aromatic heterocycles. The van der Waals surface area contributed by atoms with Gasteiger partial charge < -0.3 is 0 Å². The van der Waals surface area contributed by atoms with Gasteiger partial charge in [-0.2, -0.15) is 0 Å². The van der Waals surface area contributed by atoms with E-state index in [0.717, 1.165) is 0 Å². The van der Waals surface area contributed by atoms with Crippen molar-refractivity contribution in [2.45, 2.75) is 0 Å². The van der Waals surface area contributed by atoms with Gasteiger partial charge in [-0.15, -0.1) is 0 Å². The number of benzene rings is 1. The topological polar surface area (TPSA) is 0 Å². The Kier molecular flexibility index (Phi) is 7.62. The predicted molar refractivity (Wildman–Crippen MR) is 78.5 cm³/mol. The number of hydrogen-bond acceptors (Lipinski definition) is 0. The van der Waals surface area contributed by atoms with E-state index in [1.165, 1.54) is 0 Å². The Morgan fingerprint density at radius 2 is 0.882 bits per heavy atom. The molecule has 0 atom stereocenters. The average Bonchev–Trinajstić information content (AvgIpc) is 2.23. The van der Waals surface area contributed by atoms with Gasteiger partial charge in [0.25, 0.3) is 0 Å². The third-order valence-corrected chi connectivity index (χ3v) is 4.82. The Balaban J connectivity index is 0.00000256. The Hall–Kier alpha value is 1.21. The minimum Gasteiger partial charge on any atom is -0.269 e. The quantitative estimate of drug-likeness (QED) is 0.340. The standard InChI is InChI=1S/C8Cl8.FH/c9-2-1(4(11)8(15)16)3(10)6(13)7(14)5(2)12;/h;1H. The summed E-state index contributed by atoms with van der Waals surface area (Å²) < 4.78 is -0.208. The van der Waals surface area contributed by atoms with E-state index >= 15 is 0 Å². The van der Waals surface area contributed by atoms with Crippen molar-refractivity contribution in [3.8, 4) is 0 Å². The molecule has 0 nitrogen and oxygen atoms in total. The van der Waals surface area contributed by atoms with Gasteiger partial charge in [-0.05, 0) is 0 Å². The molecule has 0 bridgehead atoms. The summed E-state index contributed by atoms with van der Waals surface area (Å²) in [5.41, 5.74) is 0.143. The van der Waals surface area contributed by atoms with Crippen molar-refractivity contribution in [2.75, 3.05) is 0 Å². The third-order valence-electron chi connectivity index (χ3n) is 1.60. The van der Waals surface area contributed by atoms with Crippen LogP contribution in [0, 0.1) is 0 Å². The fraction of sp³-hybridized carbons (Fsp3) is 0. The predicted octanol–water partition coefficient (Wildman–Crippen LogP) is 7.45. The monoisotopic (exact) mass is 396 g/mol. The summed E-state index contributed by atoms with van der Waals surface area (Å²) in [6, 6.07) is 0. The van der Waals surface area contributed by atoms with Crippen LogP contribution in [-0.4, -0.2) is 0 Å². The number of rotatable bonds is 1. The average molecular weight is 400 g/mol. The third kappa shape index (κ3) is 3.61. The molecule has 1 rings (SSSR count). The largest absolute Gasteiger partial charge is 0.269 e. The minimum absolute atomic E-state index is 0. The summed E-state index contributed by atoms with van der Waals surface area (Å²) in [5.74, 6) is 0. The van der Waals surface area contributed by atoms with E-state index in [1.807, 2.05) is 0 Å². The fourth-order valence-corrected chi connectivity index (χ4v) is 2.69. The molecule has 0 radical (unpaired) electrons. The van der Waals surface area contributed by atoms with Crippen molar-refractivity contribution in [1.29, 1.82) is 0 Å². The maximum Gasteiger partial charge on any atom is 0.126 e. The van der Waals surface area contributed by atoms with Crippen molar-refractivity contribution >= 4 is 97.8 Å². The highest BCUT2D eigenvalue weighted by Gasteiger charge is 2.22. The molecule has 0 saturated carbocycles. The van der Waals surface area contributed by atoms with Crippen molar-refractivity contribution in [3.05, 3.63) is 35.2 Å². The van der Waals surface area contributed by atoms with E-state index in [9.17, 15) is 0 Å². The lowest BCUT2D eigenvalue weighted by Gasteiger charge is -2.11. The van der Waals surface area contributed by atoms with Crippen LogP contribution in [0.15, 0.2) is 4.49 Å². The molecule has 0 spiro atoms. The maximum atomic E-state index is 5.92. The van der Waals surface area contributed by atoms with Crippen LogP contribution in [0.5, 0.6) is 0 Å². The van der Waals surface area contributed by atoms with Gasteiger partial charge in [0.05, 0.1) is 30.1 Å². The summed E-state index contributed by atoms with van der Waals surface area (Å²) in [6.07, 6.45) is 0. The van der Waals surface area contributed by atoms with Crippen LogP contribution in [0.1, 0.15) is 5.56 Å². The summed E-state index contributed by atoms with van der Waals surface area (Å²) in [6.45, 7) is 0. The van der Waals surface area contributed by atoms with Gasteiger partial charge in [0, 0.05) is 5.56 Å². The molecular formula is C8HCl8F. The zero-order valence-electron chi connectivity index (χ0n) is 7.43. The fourth-order valence-electron chi connectivity index (χ4n) is 0.892. The lowest BCUT2D eigenvalue weighted by Crippen LogP contribution is -1.88. The highest BCUT2D eigenvalue weighted by molar-refractivity contribution is 6.68. The van der Waals surface area contributed by atoms with Gasteiger partial charge in [0.15, 0.2) is 0 Å². The van der Waals surface area contributed by atoms with E-state index in [-0.39, 0.29) is 44.9 Å². The normalized spacial score (nSPS) is 9.88. The number of hydrogen-bond donors (Lipinski definition) is 0. The zero-order valence-corrected chi connectivity index (χ0v) is 13.5. The van der Waals surface area contributed by atoms with Crippen molar-refractivity contribution in [1.82, 2.24) is 0 Å². The molecule has 0 heterocycles. The second-order valence-electron chi connectivity index (χ2n) is 2.52. The molecule has 1 aromatic rings. The molecule has 0 saturated heterocycles. The Morgan fingerprint density at radius 1 is 0.588 bits per heavy atom. The molecule has 96 valence electrons. The van der Waals surface area contributed by atoms with Crippen LogP contribution < -0.4 is 0 Å².